The second-order valence-corrected chi connectivity index (χ2v) is 6.20. The number of anilines is 2. The van der Waals surface area contributed by atoms with Crippen molar-refractivity contribution < 1.29 is 4.79 Å². The molecular formula is C14H20BrN3O. The van der Waals surface area contributed by atoms with Crippen LogP contribution in [0.2, 0.25) is 0 Å². The highest BCUT2D eigenvalue weighted by atomic mass is 79.9. The minimum atomic E-state index is 0.0500. The third-order valence-electron chi connectivity index (χ3n) is 3.55. The van der Waals surface area contributed by atoms with Crippen LogP contribution in [0, 0.1) is 11.8 Å². The highest BCUT2D eigenvalue weighted by molar-refractivity contribution is 9.10. The van der Waals surface area contributed by atoms with Gasteiger partial charge in [-0.25, -0.2) is 0 Å². The second-order valence-electron chi connectivity index (χ2n) is 5.29. The number of benzene rings is 1. The van der Waals surface area contributed by atoms with Crippen molar-refractivity contribution in [1.29, 1.82) is 0 Å². The fourth-order valence-electron chi connectivity index (χ4n) is 2.38. The molecule has 4 nitrogen and oxygen atoms in total. The van der Waals surface area contributed by atoms with E-state index in [2.05, 4.69) is 33.5 Å². The van der Waals surface area contributed by atoms with Gasteiger partial charge in [0.2, 0.25) is 5.91 Å². The van der Waals surface area contributed by atoms with Crippen molar-refractivity contribution in [3.63, 3.8) is 0 Å². The van der Waals surface area contributed by atoms with Gasteiger partial charge in [0.05, 0.1) is 17.3 Å². The number of amides is 1. The van der Waals surface area contributed by atoms with E-state index in [1.165, 1.54) is 0 Å². The molecule has 0 aromatic heterocycles. The number of hydrogen-bond acceptors (Lipinski definition) is 3. The van der Waals surface area contributed by atoms with Crippen LogP contribution in [-0.2, 0) is 4.79 Å². The Labute approximate surface area is 122 Å². The van der Waals surface area contributed by atoms with Gasteiger partial charge in [-0.15, -0.1) is 0 Å². The Kier molecular flexibility index (Phi) is 4.47. The second kappa shape index (κ2) is 5.92. The molecule has 1 saturated heterocycles. The van der Waals surface area contributed by atoms with Gasteiger partial charge in [0.1, 0.15) is 0 Å². The summed E-state index contributed by atoms with van der Waals surface area (Å²) >= 11 is 3.45. The van der Waals surface area contributed by atoms with E-state index in [9.17, 15) is 4.79 Å². The monoisotopic (exact) mass is 325 g/mol. The first-order valence-corrected chi connectivity index (χ1v) is 7.27. The fraction of sp³-hybridized carbons (Fsp3) is 0.500. The lowest BCUT2D eigenvalue weighted by atomic mass is 9.97. The van der Waals surface area contributed by atoms with E-state index in [-0.39, 0.29) is 11.8 Å². The SMILES string of the molecule is CC1CNCC1C(=O)Nc1cc(Br)ccc1N(C)C. The van der Waals surface area contributed by atoms with Gasteiger partial charge in [0, 0.05) is 25.1 Å². The minimum absolute atomic E-state index is 0.0500. The van der Waals surface area contributed by atoms with E-state index in [1.54, 1.807) is 0 Å². The van der Waals surface area contributed by atoms with Gasteiger partial charge in [0.25, 0.3) is 0 Å². The zero-order valence-corrected chi connectivity index (χ0v) is 13.1. The normalized spacial score (nSPS) is 22.3. The maximum atomic E-state index is 12.3. The van der Waals surface area contributed by atoms with Crippen LogP contribution in [0.3, 0.4) is 0 Å². The number of halogens is 1. The lowest BCUT2D eigenvalue weighted by Crippen LogP contribution is -2.28. The lowest BCUT2D eigenvalue weighted by Gasteiger charge is -2.20. The topological polar surface area (TPSA) is 44.4 Å². The summed E-state index contributed by atoms with van der Waals surface area (Å²) in [5.41, 5.74) is 1.86. The van der Waals surface area contributed by atoms with E-state index in [0.29, 0.717) is 5.92 Å². The summed E-state index contributed by atoms with van der Waals surface area (Å²) in [5.74, 6) is 0.530. The fourth-order valence-corrected chi connectivity index (χ4v) is 2.75. The number of nitrogens with one attached hydrogen (secondary N) is 2. The first kappa shape index (κ1) is 14.3. The van der Waals surface area contributed by atoms with Gasteiger partial charge in [-0.1, -0.05) is 22.9 Å². The molecule has 2 atom stereocenters. The molecule has 0 aliphatic carbocycles. The van der Waals surface area contributed by atoms with Gasteiger partial charge >= 0.3 is 0 Å². The van der Waals surface area contributed by atoms with Crippen LogP contribution < -0.4 is 15.5 Å². The molecular weight excluding hydrogens is 306 g/mol. The van der Waals surface area contributed by atoms with E-state index in [4.69, 9.17) is 0 Å². The van der Waals surface area contributed by atoms with E-state index in [0.717, 1.165) is 28.9 Å². The van der Waals surface area contributed by atoms with Crippen LogP contribution in [0.5, 0.6) is 0 Å². The molecule has 19 heavy (non-hydrogen) atoms. The number of carbonyl (C=O) groups excluding carboxylic acids is 1. The summed E-state index contributed by atoms with van der Waals surface area (Å²) in [6.45, 7) is 3.79. The molecule has 5 heteroatoms. The minimum Gasteiger partial charge on any atom is -0.376 e. The number of rotatable bonds is 3. The summed E-state index contributed by atoms with van der Waals surface area (Å²) in [6, 6.07) is 5.92. The molecule has 0 bridgehead atoms. The van der Waals surface area contributed by atoms with Crippen LogP contribution in [0.25, 0.3) is 0 Å². The van der Waals surface area contributed by atoms with Crippen molar-refractivity contribution in [2.24, 2.45) is 11.8 Å². The first-order valence-electron chi connectivity index (χ1n) is 6.47. The van der Waals surface area contributed by atoms with Crippen molar-refractivity contribution in [3.05, 3.63) is 22.7 Å². The summed E-state index contributed by atoms with van der Waals surface area (Å²) in [4.78, 5) is 14.3. The molecule has 1 aliphatic heterocycles. The van der Waals surface area contributed by atoms with Crippen LogP contribution in [0.15, 0.2) is 22.7 Å². The molecule has 1 amide bonds. The summed E-state index contributed by atoms with van der Waals surface area (Å²) in [6.07, 6.45) is 0. The highest BCUT2D eigenvalue weighted by Gasteiger charge is 2.29. The van der Waals surface area contributed by atoms with Crippen molar-refractivity contribution in [1.82, 2.24) is 5.32 Å². The van der Waals surface area contributed by atoms with Crippen LogP contribution >= 0.6 is 15.9 Å². The standard InChI is InChI=1S/C14H20BrN3O/c1-9-7-16-8-11(9)14(19)17-12-6-10(15)4-5-13(12)18(2)3/h4-6,9,11,16H,7-8H2,1-3H3,(H,17,19). The Hall–Kier alpha value is -1.07. The Morgan fingerprint density at radius 2 is 2.16 bits per heavy atom. The Morgan fingerprint density at radius 3 is 2.74 bits per heavy atom. The smallest absolute Gasteiger partial charge is 0.229 e. The molecule has 0 radical (unpaired) electrons. The molecule has 1 aromatic carbocycles. The average Bonchev–Trinajstić information content (AvgIpc) is 2.75. The van der Waals surface area contributed by atoms with E-state index in [1.807, 2.05) is 37.2 Å². The van der Waals surface area contributed by atoms with Gasteiger partial charge in [-0.3, -0.25) is 4.79 Å². The van der Waals surface area contributed by atoms with Crippen LogP contribution in [0.4, 0.5) is 11.4 Å². The van der Waals surface area contributed by atoms with Crippen molar-refractivity contribution in [2.75, 3.05) is 37.4 Å². The third kappa shape index (κ3) is 3.28. The molecule has 2 N–H and O–H groups in total. The van der Waals surface area contributed by atoms with E-state index >= 15 is 0 Å². The largest absolute Gasteiger partial charge is 0.376 e. The Morgan fingerprint density at radius 1 is 1.42 bits per heavy atom. The number of carbonyl (C=O) groups is 1. The molecule has 0 saturated carbocycles. The molecule has 1 fully saturated rings. The number of nitrogens with zero attached hydrogens (tertiary/aromatic N) is 1. The van der Waals surface area contributed by atoms with Crippen LogP contribution in [-0.4, -0.2) is 33.1 Å². The number of hydrogen-bond donors (Lipinski definition) is 2. The van der Waals surface area contributed by atoms with Crippen molar-refractivity contribution >= 4 is 33.2 Å². The predicted molar refractivity (Wildman–Crippen MR) is 82.6 cm³/mol. The molecule has 0 spiro atoms. The summed E-state index contributed by atoms with van der Waals surface area (Å²) in [5, 5.41) is 6.31. The Balaban J connectivity index is 2.18. The Bertz CT molecular complexity index is 476. The molecule has 2 unspecified atom stereocenters. The quantitative estimate of drug-likeness (QED) is 0.896. The van der Waals surface area contributed by atoms with Gasteiger partial charge in [0.15, 0.2) is 0 Å². The van der Waals surface area contributed by atoms with Crippen LogP contribution in [0.1, 0.15) is 6.92 Å². The summed E-state index contributed by atoms with van der Waals surface area (Å²) in [7, 11) is 3.94. The maximum Gasteiger partial charge on any atom is 0.229 e. The van der Waals surface area contributed by atoms with E-state index < -0.39 is 0 Å². The molecule has 1 heterocycles. The van der Waals surface area contributed by atoms with Crippen molar-refractivity contribution in [2.45, 2.75) is 6.92 Å². The van der Waals surface area contributed by atoms with Gasteiger partial charge in [-0.05, 0) is 30.7 Å². The van der Waals surface area contributed by atoms with Gasteiger partial charge < -0.3 is 15.5 Å². The zero-order valence-electron chi connectivity index (χ0n) is 11.5. The molecule has 1 aliphatic rings. The first-order chi connectivity index (χ1) is 8.99. The molecule has 104 valence electrons. The summed E-state index contributed by atoms with van der Waals surface area (Å²) < 4.78 is 0.964. The predicted octanol–water partition coefficient (Wildman–Crippen LogP) is 2.31. The molecule has 1 aromatic rings. The van der Waals surface area contributed by atoms with Crippen molar-refractivity contribution in [3.8, 4) is 0 Å². The average molecular weight is 326 g/mol. The van der Waals surface area contributed by atoms with Gasteiger partial charge in [-0.2, -0.15) is 0 Å². The molecule has 2 rings (SSSR count). The third-order valence-corrected chi connectivity index (χ3v) is 4.05. The zero-order chi connectivity index (χ0) is 14.0. The maximum absolute atomic E-state index is 12.3. The lowest BCUT2D eigenvalue weighted by molar-refractivity contribution is -0.120. The highest BCUT2D eigenvalue weighted by Crippen LogP contribution is 2.29.